The van der Waals surface area contributed by atoms with E-state index < -0.39 is 0 Å². The zero-order chi connectivity index (χ0) is 27.8. The first-order chi connectivity index (χ1) is 18.8. The molecule has 0 fully saturated rings. The minimum Gasteiger partial charge on any atom is -0.492 e. The molecular formula is C29H38N6O4. The highest BCUT2D eigenvalue weighted by molar-refractivity contribution is 5.82. The second-order valence-electron chi connectivity index (χ2n) is 9.84. The van der Waals surface area contributed by atoms with Gasteiger partial charge >= 0.3 is 0 Å². The number of unbranched alkanes of at least 4 members (excludes halogenated alkanes) is 2. The lowest BCUT2D eigenvalue weighted by molar-refractivity contribution is -0.119. The Kier molecular flexibility index (Phi) is 9.40. The molecule has 0 atom stereocenters. The number of carbonyl (C=O) groups is 2. The van der Waals surface area contributed by atoms with Crippen LogP contribution in [-0.4, -0.2) is 57.2 Å². The molecule has 4 rings (SSSR count). The zero-order valence-electron chi connectivity index (χ0n) is 23.2. The van der Waals surface area contributed by atoms with Gasteiger partial charge < -0.3 is 29.2 Å². The van der Waals surface area contributed by atoms with Crippen molar-refractivity contribution in [2.75, 3.05) is 26.3 Å². The highest BCUT2D eigenvalue weighted by Gasteiger charge is 2.11. The van der Waals surface area contributed by atoms with Gasteiger partial charge in [-0.3, -0.25) is 9.59 Å². The zero-order valence-corrected chi connectivity index (χ0v) is 23.2. The number of aryl methyl sites for hydroxylation is 2. The molecule has 208 valence electrons. The van der Waals surface area contributed by atoms with Crippen LogP contribution in [0.4, 0.5) is 0 Å². The van der Waals surface area contributed by atoms with Crippen LogP contribution in [0.3, 0.4) is 0 Å². The number of nitrogens with one attached hydrogen (secondary N) is 2. The van der Waals surface area contributed by atoms with Gasteiger partial charge in [0, 0.05) is 64.2 Å². The first kappa shape index (κ1) is 27.9. The van der Waals surface area contributed by atoms with Crippen molar-refractivity contribution in [1.29, 1.82) is 0 Å². The van der Waals surface area contributed by atoms with Crippen LogP contribution in [0.5, 0.6) is 11.5 Å². The molecule has 4 aromatic rings. The van der Waals surface area contributed by atoms with E-state index in [4.69, 9.17) is 9.47 Å². The van der Waals surface area contributed by atoms with Crippen molar-refractivity contribution in [2.24, 2.45) is 14.1 Å². The Morgan fingerprint density at radius 1 is 0.744 bits per heavy atom. The molecule has 4 heterocycles. The average molecular weight is 535 g/mol. The molecule has 0 saturated heterocycles. The van der Waals surface area contributed by atoms with Crippen LogP contribution < -0.4 is 20.1 Å². The molecule has 0 radical (unpaired) electrons. The van der Waals surface area contributed by atoms with Crippen molar-refractivity contribution >= 4 is 33.9 Å². The van der Waals surface area contributed by atoms with Gasteiger partial charge in [-0.1, -0.05) is 0 Å². The fourth-order valence-electron chi connectivity index (χ4n) is 4.70. The van der Waals surface area contributed by atoms with Gasteiger partial charge in [0.15, 0.2) is 0 Å². The predicted octanol–water partition coefficient (Wildman–Crippen LogP) is 3.45. The maximum atomic E-state index is 11.2. The molecule has 0 saturated carbocycles. The van der Waals surface area contributed by atoms with Crippen molar-refractivity contribution in [1.82, 2.24) is 29.7 Å². The van der Waals surface area contributed by atoms with Gasteiger partial charge in [-0.25, -0.2) is 9.97 Å². The van der Waals surface area contributed by atoms with Crippen molar-refractivity contribution in [2.45, 2.75) is 46.0 Å². The third kappa shape index (κ3) is 7.49. The molecule has 2 N–H and O–H groups in total. The summed E-state index contributed by atoms with van der Waals surface area (Å²) in [4.78, 5) is 31.5. The summed E-state index contributed by atoms with van der Waals surface area (Å²) in [6.45, 7) is 5.45. The monoisotopic (exact) mass is 534 g/mol. The lowest BCUT2D eigenvalue weighted by Crippen LogP contribution is -2.22. The van der Waals surface area contributed by atoms with Crippen molar-refractivity contribution in [3.05, 3.63) is 48.0 Å². The Morgan fingerprint density at radius 3 is 1.59 bits per heavy atom. The van der Waals surface area contributed by atoms with Crippen LogP contribution in [0.25, 0.3) is 22.1 Å². The van der Waals surface area contributed by atoms with Gasteiger partial charge in [-0.05, 0) is 55.4 Å². The molecular weight excluding hydrogens is 496 g/mol. The van der Waals surface area contributed by atoms with Gasteiger partial charge in [-0.15, -0.1) is 0 Å². The van der Waals surface area contributed by atoms with Crippen LogP contribution in [0.2, 0.25) is 0 Å². The molecule has 39 heavy (non-hydrogen) atoms. The Labute approximate surface area is 228 Å². The molecule has 0 aliphatic carbocycles. The van der Waals surface area contributed by atoms with Crippen LogP contribution in [-0.2, 0) is 36.5 Å². The SMILES string of the molecule is CC(=O)NCCc1cn(C)c2ncc(OCCCCCOc3cnc4c(c3)c(CCNC(C)=O)cn4C)cc12. The molecule has 0 aromatic carbocycles. The van der Waals surface area contributed by atoms with E-state index in [0.717, 1.165) is 76.8 Å². The van der Waals surface area contributed by atoms with Crippen LogP contribution in [0.1, 0.15) is 44.2 Å². The van der Waals surface area contributed by atoms with E-state index in [1.807, 2.05) is 35.4 Å². The number of rotatable bonds is 14. The Bertz CT molecular complexity index is 1330. The van der Waals surface area contributed by atoms with E-state index in [9.17, 15) is 9.59 Å². The minimum atomic E-state index is -0.0268. The Balaban J connectivity index is 1.21. The first-order valence-corrected chi connectivity index (χ1v) is 13.4. The van der Waals surface area contributed by atoms with E-state index in [1.165, 1.54) is 13.8 Å². The molecule has 2 amide bonds. The van der Waals surface area contributed by atoms with E-state index in [-0.39, 0.29) is 11.8 Å². The lowest BCUT2D eigenvalue weighted by atomic mass is 10.1. The highest BCUT2D eigenvalue weighted by Crippen LogP contribution is 2.25. The number of hydrogen-bond donors (Lipinski definition) is 2. The number of hydrogen-bond acceptors (Lipinski definition) is 6. The maximum Gasteiger partial charge on any atom is 0.216 e. The van der Waals surface area contributed by atoms with E-state index in [2.05, 4.69) is 33.0 Å². The molecule has 0 bridgehead atoms. The summed E-state index contributed by atoms with van der Waals surface area (Å²) in [6.07, 6.45) is 11.9. The summed E-state index contributed by atoms with van der Waals surface area (Å²) in [7, 11) is 3.95. The number of aromatic nitrogens is 4. The summed E-state index contributed by atoms with van der Waals surface area (Å²) < 4.78 is 16.0. The number of nitrogens with zero attached hydrogens (tertiary/aromatic N) is 4. The van der Waals surface area contributed by atoms with Gasteiger partial charge in [0.1, 0.15) is 22.8 Å². The summed E-state index contributed by atoms with van der Waals surface area (Å²) in [5, 5.41) is 7.80. The summed E-state index contributed by atoms with van der Waals surface area (Å²) in [5.74, 6) is 1.45. The Morgan fingerprint density at radius 2 is 1.18 bits per heavy atom. The fourth-order valence-corrected chi connectivity index (χ4v) is 4.70. The second-order valence-corrected chi connectivity index (χ2v) is 9.84. The average Bonchev–Trinajstić information content (AvgIpc) is 3.38. The first-order valence-electron chi connectivity index (χ1n) is 13.4. The van der Waals surface area contributed by atoms with E-state index in [1.54, 1.807) is 12.4 Å². The summed E-state index contributed by atoms with van der Waals surface area (Å²) in [6, 6.07) is 4.07. The topological polar surface area (TPSA) is 112 Å². The fraction of sp³-hybridized carbons (Fsp3) is 0.448. The highest BCUT2D eigenvalue weighted by atomic mass is 16.5. The number of amides is 2. The summed E-state index contributed by atoms with van der Waals surface area (Å²) >= 11 is 0. The largest absolute Gasteiger partial charge is 0.492 e. The molecule has 4 aromatic heterocycles. The molecule has 0 aliphatic rings. The predicted molar refractivity (Wildman–Crippen MR) is 151 cm³/mol. The van der Waals surface area contributed by atoms with E-state index >= 15 is 0 Å². The molecule has 10 nitrogen and oxygen atoms in total. The van der Waals surface area contributed by atoms with Gasteiger partial charge in [0.05, 0.1) is 25.6 Å². The smallest absolute Gasteiger partial charge is 0.216 e. The third-order valence-electron chi connectivity index (χ3n) is 6.60. The number of carbonyl (C=O) groups excluding carboxylic acids is 2. The number of pyridine rings is 2. The van der Waals surface area contributed by atoms with E-state index in [0.29, 0.717) is 26.3 Å². The quantitative estimate of drug-likeness (QED) is 0.240. The van der Waals surface area contributed by atoms with Crippen molar-refractivity contribution < 1.29 is 19.1 Å². The number of fused-ring (bicyclic) bond motifs is 2. The molecule has 0 aliphatic heterocycles. The van der Waals surface area contributed by atoms with Crippen molar-refractivity contribution in [3.63, 3.8) is 0 Å². The Hall–Kier alpha value is -4.08. The summed E-state index contributed by atoms with van der Waals surface area (Å²) in [5.41, 5.74) is 4.08. The van der Waals surface area contributed by atoms with Crippen LogP contribution in [0, 0.1) is 0 Å². The lowest BCUT2D eigenvalue weighted by Gasteiger charge is -2.08. The number of ether oxygens (including phenoxy) is 2. The third-order valence-corrected chi connectivity index (χ3v) is 6.60. The molecule has 0 spiro atoms. The second kappa shape index (κ2) is 13.1. The molecule has 10 heteroatoms. The van der Waals surface area contributed by atoms with Gasteiger partial charge in [0.25, 0.3) is 0 Å². The maximum absolute atomic E-state index is 11.2. The van der Waals surface area contributed by atoms with Gasteiger partial charge in [-0.2, -0.15) is 0 Å². The normalized spacial score (nSPS) is 11.2. The molecule has 0 unspecified atom stereocenters. The standard InChI is InChI=1S/C29H38N6O4/c1-20(36)30-10-8-22-18-34(3)28-26(22)14-24(16-32-28)38-12-6-5-7-13-39-25-15-27-23(9-11-31-21(2)37)19-35(4)29(27)33-17-25/h14-19H,5-13H2,1-4H3,(H,30,36)(H,31,37). The van der Waals surface area contributed by atoms with Gasteiger partial charge in [0.2, 0.25) is 11.8 Å². The van der Waals surface area contributed by atoms with Crippen LogP contribution >= 0.6 is 0 Å². The van der Waals surface area contributed by atoms with Crippen LogP contribution in [0.15, 0.2) is 36.9 Å². The van der Waals surface area contributed by atoms with Crippen molar-refractivity contribution in [3.8, 4) is 11.5 Å². The minimum absolute atomic E-state index is 0.0268.